The van der Waals surface area contributed by atoms with E-state index < -0.39 is 0 Å². The summed E-state index contributed by atoms with van der Waals surface area (Å²) in [4.78, 5) is 0. The highest BCUT2D eigenvalue weighted by molar-refractivity contribution is 6.17. The number of ether oxygens (including phenoxy) is 1. The molecule has 15 heavy (non-hydrogen) atoms. The summed E-state index contributed by atoms with van der Waals surface area (Å²) >= 11 is 5.63. The average Bonchev–Trinajstić information content (AvgIpc) is 2.16. The summed E-state index contributed by atoms with van der Waals surface area (Å²) in [6.07, 6.45) is 7.95. The molecule has 1 nitrogen and oxygen atoms in total. The molecular weight excluding hydrogens is 208 g/mol. The van der Waals surface area contributed by atoms with Gasteiger partial charge in [0.25, 0.3) is 0 Å². The summed E-state index contributed by atoms with van der Waals surface area (Å²) in [5.41, 5.74) is 0. The molecule has 90 valence electrons. The molecule has 0 radical (unpaired) electrons. The summed E-state index contributed by atoms with van der Waals surface area (Å²) in [7, 11) is 0. The number of rotatable bonds is 6. The Morgan fingerprint density at radius 3 is 2.27 bits per heavy atom. The summed E-state index contributed by atoms with van der Waals surface area (Å²) in [6, 6.07) is 0. The summed E-state index contributed by atoms with van der Waals surface area (Å²) < 4.78 is 5.93. The van der Waals surface area contributed by atoms with Crippen molar-refractivity contribution in [2.75, 3.05) is 12.5 Å². The van der Waals surface area contributed by atoms with Crippen molar-refractivity contribution in [3.8, 4) is 0 Å². The van der Waals surface area contributed by atoms with E-state index in [-0.39, 0.29) is 0 Å². The Balaban J connectivity index is 2.04. The smallest absolute Gasteiger partial charge is 0.0580 e. The second kappa shape index (κ2) is 7.51. The molecule has 0 bridgehead atoms. The maximum Gasteiger partial charge on any atom is 0.0580 e. The molecule has 0 aromatic carbocycles. The van der Waals surface area contributed by atoms with Crippen LogP contribution in [0.1, 0.15) is 52.4 Å². The first-order valence-corrected chi connectivity index (χ1v) is 6.93. The molecule has 1 aliphatic carbocycles. The Morgan fingerprint density at radius 2 is 1.67 bits per heavy atom. The van der Waals surface area contributed by atoms with Gasteiger partial charge in [0.05, 0.1) is 6.10 Å². The fraction of sp³-hybridized carbons (Fsp3) is 1.00. The molecule has 2 heteroatoms. The van der Waals surface area contributed by atoms with Crippen molar-refractivity contribution in [3.63, 3.8) is 0 Å². The normalized spacial score (nSPS) is 31.8. The first kappa shape index (κ1) is 13.3. The molecule has 0 saturated heterocycles. The van der Waals surface area contributed by atoms with Crippen molar-refractivity contribution in [2.24, 2.45) is 11.8 Å². The Morgan fingerprint density at radius 1 is 1.00 bits per heavy atom. The fourth-order valence-electron chi connectivity index (χ4n) is 2.63. The second-order valence-electron chi connectivity index (χ2n) is 5.16. The van der Waals surface area contributed by atoms with Gasteiger partial charge < -0.3 is 4.74 Å². The minimum absolute atomic E-state index is 0.528. The van der Waals surface area contributed by atoms with E-state index in [1.165, 1.54) is 32.1 Å². The average molecular weight is 233 g/mol. The topological polar surface area (TPSA) is 9.23 Å². The summed E-state index contributed by atoms with van der Waals surface area (Å²) in [6.45, 7) is 5.63. The Kier molecular flexibility index (Phi) is 6.67. The zero-order chi connectivity index (χ0) is 11.1. The van der Waals surface area contributed by atoms with Crippen LogP contribution >= 0.6 is 11.6 Å². The SMILES string of the molecule is CC1CC(C)CC(OCCCCCCl)C1. The molecule has 0 aliphatic heterocycles. The largest absolute Gasteiger partial charge is 0.378 e. The first-order valence-electron chi connectivity index (χ1n) is 6.40. The van der Waals surface area contributed by atoms with Crippen LogP contribution in [0.4, 0.5) is 0 Å². The lowest BCUT2D eigenvalue weighted by molar-refractivity contribution is -0.000488. The lowest BCUT2D eigenvalue weighted by atomic mass is 9.82. The second-order valence-corrected chi connectivity index (χ2v) is 5.54. The zero-order valence-electron chi connectivity index (χ0n) is 10.2. The van der Waals surface area contributed by atoms with E-state index >= 15 is 0 Å². The lowest BCUT2D eigenvalue weighted by Crippen LogP contribution is -2.26. The Bertz CT molecular complexity index is 151. The van der Waals surface area contributed by atoms with Crippen molar-refractivity contribution in [2.45, 2.75) is 58.5 Å². The first-order chi connectivity index (χ1) is 7.22. The van der Waals surface area contributed by atoms with E-state index in [1.54, 1.807) is 0 Å². The van der Waals surface area contributed by atoms with Crippen LogP contribution in [-0.2, 0) is 4.74 Å². The van der Waals surface area contributed by atoms with Gasteiger partial charge in [-0.2, -0.15) is 0 Å². The van der Waals surface area contributed by atoms with Gasteiger partial charge >= 0.3 is 0 Å². The maximum absolute atomic E-state index is 5.93. The lowest BCUT2D eigenvalue weighted by Gasteiger charge is -2.31. The third-order valence-electron chi connectivity index (χ3n) is 3.27. The molecule has 0 heterocycles. The van der Waals surface area contributed by atoms with Crippen LogP contribution in [0.15, 0.2) is 0 Å². The number of halogens is 1. The minimum atomic E-state index is 0.528. The highest BCUT2D eigenvalue weighted by Crippen LogP contribution is 2.30. The van der Waals surface area contributed by atoms with Gasteiger partial charge in [0.15, 0.2) is 0 Å². The van der Waals surface area contributed by atoms with Gasteiger partial charge in [-0.25, -0.2) is 0 Å². The van der Waals surface area contributed by atoms with Crippen LogP contribution < -0.4 is 0 Å². The molecular formula is C13H25ClO. The van der Waals surface area contributed by atoms with Crippen LogP contribution in [-0.4, -0.2) is 18.6 Å². The zero-order valence-corrected chi connectivity index (χ0v) is 10.9. The molecule has 0 spiro atoms. The molecule has 2 atom stereocenters. The van der Waals surface area contributed by atoms with Crippen LogP contribution in [0.5, 0.6) is 0 Å². The van der Waals surface area contributed by atoms with Crippen LogP contribution in [0.25, 0.3) is 0 Å². The Hall–Kier alpha value is 0.250. The molecule has 0 amide bonds. The van der Waals surface area contributed by atoms with Crippen LogP contribution in [0, 0.1) is 11.8 Å². The van der Waals surface area contributed by atoms with E-state index in [2.05, 4.69) is 13.8 Å². The van der Waals surface area contributed by atoms with Gasteiger partial charge in [0, 0.05) is 12.5 Å². The molecule has 0 N–H and O–H groups in total. The molecule has 1 fully saturated rings. The van der Waals surface area contributed by atoms with Gasteiger partial charge in [-0.3, -0.25) is 0 Å². The van der Waals surface area contributed by atoms with Crippen molar-refractivity contribution in [1.82, 2.24) is 0 Å². The van der Waals surface area contributed by atoms with E-state index in [9.17, 15) is 0 Å². The van der Waals surface area contributed by atoms with Gasteiger partial charge in [-0.05, 0) is 50.4 Å². The molecule has 1 rings (SSSR count). The number of hydrogen-bond donors (Lipinski definition) is 0. The van der Waals surface area contributed by atoms with Crippen molar-refractivity contribution in [3.05, 3.63) is 0 Å². The summed E-state index contributed by atoms with van der Waals surface area (Å²) in [5.74, 6) is 2.49. The van der Waals surface area contributed by atoms with Gasteiger partial charge in [-0.1, -0.05) is 13.8 Å². The Labute approximate surface area is 99.5 Å². The molecule has 0 aromatic rings. The maximum atomic E-state index is 5.93. The van der Waals surface area contributed by atoms with E-state index in [0.717, 1.165) is 30.7 Å². The van der Waals surface area contributed by atoms with Crippen LogP contribution in [0.2, 0.25) is 0 Å². The number of hydrogen-bond acceptors (Lipinski definition) is 1. The van der Waals surface area contributed by atoms with Crippen molar-refractivity contribution >= 4 is 11.6 Å². The molecule has 1 saturated carbocycles. The number of unbranched alkanes of at least 4 members (excludes halogenated alkanes) is 2. The minimum Gasteiger partial charge on any atom is -0.378 e. The van der Waals surface area contributed by atoms with E-state index in [1.807, 2.05) is 0 Å². The predicted molar refractivity (Wildman–Crippen MR) is 66.5 cm³/mol. The fourth-order valence-corrected chi connectivity index (χ4v) is 2.82. The third-order valence-corrected chi connectivity index (χ3v) is 3.53. The van der Waals surface area contributed by atoms with Crippen LogP contribution in [0.3, 0.4) is 0 Å². The van der Waals surface area contributed by atoms with Crippen molar-refractivity contribution in [1.29, 1.82) is 0 Å². The standard InChI is InChI=1S/C13H25ClO/c1-11-8-12(2)10-13(9-11)15-7-5-3-4-6-14/h11-13H,3-10H2,1-2H3. The highest BCUT2D eigenvalue weighted by atomic mass is 35.5. The number of alkyl halides is 1. The quantitative estimate of drug-likeness (QED) is 0.492. The van der Waals surface area contributed by atoms with E-state index in [4.69, 9.17) is 16.3 Å². The molecule has 2 unspecified atom stereocenters. The van der Waals surface area contributed by atoms with Gasteiger partial charge in [0.2, 0.25) is 0 Å². The van der Waals surface area contributed by atoms with Gasteiger partial charge in [0.1, 0.15) is 0 Å². The highest BCUT2D eigenvalue weighted by Gasteiger charge is 2.23. The third kappa shape index (κ3) is 5.77. The van der Waals surface area contributed by atoms with Crippen molar-refractivity contribution < 1.29 is 4.74 Å². The summed E-state index contributed by atoms with van der Waals surface area (Å²) in [5, 5.41) is 0. The predicted octanol–water partition coefficient (Wildman–Crippen LogP) is 4.24. The molecule has 0 aromatic heterocycles. The van der Waals surface area contributed by atoms with Gasteiger partial charge in [-0.15, -0.1) is 11.6 Å². The molecule has 1 aliphatic rings. The monoisotopic (exact) mass is 232 g/mol. The van der Waals surface area contributed by atoms with E-state index in [0.29, 0.717) is 6.10 Å².